The van der Waals surface area contributed by atoms with Gasteiger partial charge in [-0.2, -0.15) is 0 Å². The van der Waals surface area contributed by atoms with Crippen molar-refractivity contribution in [2.24, 2.45) is 0 Å². The zero-order valence-electron chi connectivity index (χ0n) is 41.0. The normalized spacial score (nSPS) is 12.3. The lowest BCUT2D eigenvalue weighted by Crippen LogP contribution is -2.10. The topological polar surface area (TPSA) is 50.9 Å². The van der Waals surface area contributed by atoms with Gasteiger partial charge in [-0.05, 0) is 140 Å². The van der Waals surface area contributed by atoms with Gasteiger partial charge in [0.25, 0.3) is 0 Å². The molecule has 2 aromatic heterocycles. The fraction of sp³-hybridized carbons (Fsp3) is 0.226. The lowest BCUT2D eigenvalue weighted by molar-refractivity contribution is 0.466. The summed E-state index contributed by atoms with van der Waals surface area (Å²) in [6.45, 7) is 21.4. The predicted octanol–water partition coefficient (Wildman–Crippen LogP) is 17.1. The Labute approximate surface area is 393 Å². The van der Waals surface area contributed by atoms with Crippen LogP contribution in [0.4, 0.5) is 0 Å². The van der Waals surface area contributed by atoms with Crippen molar-refractivity contribution < 1.29 is 6.48 Å². The van der Waals surface area contributed by atoms with E-state index in [0.29, 0.717) is 11.4 Å². The number of aryl methyl sites for hydroxylation is 1. The number of pyridine rings is 1. The number of benzene rings is 7. The molecule has 4 nitrogen and oxygen atoms in total. The molecular weight excluding hydrogens is 803 g/mol. The van der Waals surface area contributed by atoms with Crippen molar-refractivity contribution in [2.45, 2.75) is 92.4 Å². The van der Waals surface area contributed by atoms with E-state index in [2.05, 4.69) is 218 Å². The number of fused-ring (bicyclic) bond motifs is 1. The third-order valence-corrected chi connectivity index (χ3v) is 13.0. The molecule has 0 amide bonds. The highest BCUT2D eigenvalue weighted by Gasteiger charge is 2.26. The monoisotopic (exact) mass is 864 g/mol. The summed E-state index contributed by atoms with van der Waals surface area (Å²) in [5.74, 6) is 0.362. The molecule has 4 heteroatoms. The van der Waals surface area contributed by atoms with Crippen LogP contribution in [0.2, 0.25) is 0 Å². The van der Waals surface area contributed by atoms with Crippen LogP contribution in [0.25, 0.3) is 83.9 Å². The highest BCUT2D eigenvalue weighted by atomic mass is 16.3. The quantitative estimate of drug-likeness (QED) is 0.149. The van der Waals surface area contributed by atoms with Crippen LogP contribution < -0.4 is 0 Å². The Kier molecular flexibility index (Phi) is 11.5. The summed E-state index contributed by atoms with van der Waals surface area (Å²) in [6, 6.07) is 56.1. The smallest absolute Gasteiger partial charge is 0.149 e. The van der Waals surface area contributed by atoms with Crippen molar-refractivity contribution in [1.82, 2.24) is 14.5 Å². The van der Waals surface area contributed by atoms with Gasteiger partial charge in [0.2, 0.25) is 0 Å². The molecule has 66 heavy (non-hydrogen) atoms. The van der Waals surface area contributed by atoms with Crippen molar-refractivity contribution in [1.29, 1.82) is 0 Å². The molecule has 0 saturated carbocycles. The first kappa shape index (κ1) is 42.9. The molecule has 7 aromatic carbocycles. The van der Waals surface area contributed by atoms with Crippen molar-refractivity contribution in [2.75, 3.05) is 0 Å². The molecule has 0 atom stereocenters. The van der Waals surface area contributed by atoms with E-state index in [9.17, 15) is 5.11 Å². The number of hydrogen-bond donors (Lipinski definition) is 1. The van der Waals surface area contributed by atoms with Crippen molar-refractivity contribution in [3.05, 3.63) is 192 Å². The molecular formula is C62H61N3O. The van der Waals surface area contributed by atoms with Gasteiger partial charge in [0, 0.05) is 24.3 Å². The molecule has 0 aliphatic heterocycles. The maximum Gasteiger partial charge on any atom is 0.149 e. The molecule has 0 fully saturated rings. The molecule has 0 aliphatic rings. The highest BCUT2D eigenvalue weighted by Crippen LogP contribution is 2.45. The third-order valence-electron chi connectivity index (χ3n) is 13.0. The summed E-state index contributed by atoms with van der Waals surface area (Å²) in [6.07, 6.45) is 1.90. The second-order valence-electron chi connectivity index (χ2n) is 19.8. The summed E-state index contributed by atoms with van der Waals surface area (Å²) in [5.41, 5.74) is 19.0. The minimum absolute atomic E-state index is 0.0127. The number of phenolic OH excluding ortho intramolecular Hbond substituents is 1. The van der Waals surface area contributed by atoms with Crippen molar-refractivity contribution in [3.63, 3.8) is 0 Å². The van der Waals surface area contributed by atoms with E-state index in [1.807, 2.05) is 20.0 Å². The van der Waals surface area contributed by atoms with Crippen LogP contribution in [0.5, 0.6) is 5.75 Å². The summed E-state index contributed by atoms with van der Waals surface area (Å²) < 4.78 is 11.4. The van der Waals surface area contributed by atoms with E-state index in [1.165, 1.54) is 11.1 Å². The van der Waals surface area contributed by atoms with Gasteiger partial charge in [0.1, 0.15) is 11.6 Å². The molecule has 0 bridgehead atoms. The molecule has 0 spiro atoms. The van der Waals surface area contributed by atoms with Gasteiger partial charge in [-0.15, -0.1) is 0 Å². The standard InChI is InChI=1S/C62H61N3O/c1-38(2)45-25-28-57(54(34-45)44-23-26-51(27-24-44)62(8,9)10)65-58-18-14-17-52(59(58)64-61(65)55-36-47(39(3)4)35-53(40(5)6)60(55)66)49-31-48(42-15-12-11-13-16-42)32-50(33-49)56-37-46(29-30-63-56)43-21-19-41(7)20-22-43/h11-40,66H,1-10H3/i38D. The number of phenols is 1. The lowest BCUT2D eigenvalue weighted by atomic mass is 9.86. The zero-order valence-corrected chi connectivity index (χ0v) is 40.0. The Bertz CT molecular complexity index is 3260. The van der Waals surface area contributed by atoms with Gasteiger partial charge >= 0.3 is 0 Å². The maximum absolute atomic E-state index is 12.4. The molecule has 1 N–H and O–H groups in total. The second kappa shape index (κ2) is 17.7. The van der Waals surface area contributed by atoms with Crippen LogP contribution in [0.3, 0.4) is 0 Å². The van der Waals surface area contributed by atoms with Crippen LogP contribution in [0.15, 0.2) is 164 Å². The van der Waals surface area contributed by atoms with Crippen LogP contribution in [-0.2, 0) is 5.41 Å². The summed E-state index contributed by atoms with van der Waals surface area (Å²) in [5, 5.41) is 12.4. The van der Waals surface area contributed by atoms with E-state index in [4.69, 9.17) is 11.3 Å². The van der Waals surface area contributed by atoms with E-state index in [-0.39, 0.29) is 23.0 Å². The zero-order chi connectivity index (χ0) is 47.4. The second-order valence-corrected chi connectivity index (χ2v) is 19.8. The van der Waals surface area contributed by atoms with E-state index >= 15 is 0 Å². The van der Waals surface area contributed by atoms with Crippen LogP contribution in [-0.4, -0.2) is 19.6 Å². The summed E-state index contributed by atoms with van der Waals surface area (Å²) in [7, 11) is 0. The molecule has 9 rings (SSSR count). The Morgan fingerprint density at radius 1 is 0.545 bits per heavy atom. The minimum Gasteiger partial charge on any atom is -0.507 e. The number of para-hydroxylation sites is 1. The Morgan fingerprint density at radius 3 is 1.89 bits per heavy atom. The number of aromatic hydroxyl groups is 1. The number of aromatic nitrogens is 3. The van der Waals surface area contributed by atoms with Gasteiger partial charge in [-0.25, -0.2) is 4.98 Å². The molecule has 0 radical (unpaired) electrons. The van der Waals surface area contributed by atoms with Crippen LogP contribution in [0.1, 0.15) is 109 Å². The molecule has 0 aliphatic carbocycles. The molecule has 0 saturated heterocycles. The third kappa shape index (κ3) is 8.61. The summed E-state index contributed by atoms with van der Waals surface area (Å²) >= 11 is 0. The SMILES string of the molecule is [2H]C(C)(C)c1ccc(-n2c(-c3cc(C(C)C)cc(C(C)C)c3O)nc3c(-c4cc(-c5ccccc5)cc(-c5cc(-c6ccc(C)cc6)ccn5)c4)cccc32)c(-c2ccc(C(C)(C)C)cc2)c1. The van der Waals surface area contributed by atoms with Crippen LogP contribution >= 0.6 is 0 Å². The number of rotatable bonds is 10. The van der Waals surface area contributed by atoms with Gasteiger partial charge in [0.15, 0.2) is 0 Å². The fourth-order valence-electron chi connectivity index (χ4n) is 9.05. The first-order valence-electron chi connectivity index (χ1n) is 23.8. The predicted molar refractivity (Wildman–Crippen MR) is 279 cm³/mol. The molecule has 330 valence electrons. The largest absolute Gasteiger partial charge is 0.507 e. The fourth-order valence-corrected chi connectivity index (χ4v) is 9.05. The molecule has 0 unspecified atom stereocenters. The Hall–Kier alpha value is -7.04. The van der Waals surface area contributed by atoms with E-state index in [1.54, 1.807) is 0 Å². The van der Waals surface area contributed by atoms with Gasteiger partial charge in [-0.1, -0.05) is 171 Å². The number of imidazole rings is 1. The minimum atomic E-state index is -0.836. The average molecular weight is 865 g/mol. The van der Waals surface area contributed by atoms with Gasteiger partial charge in [0.05, 0.1) is 28.0 Å². The first-order chi connectivity index (χ1) is 31.9. The highest BCUT2D eigenvalue weighted by molar-refractivity contribution is 5.98. The van der Waals surface area contributed by atoms with Gasteiger partial charge in [-0.3, -0.25) is 9.55 Å². The first-order valence-corrected chi connectivity index (χ1v) is 23.3. The van der Waals surface area contributed by atoms with E-state index < -0.39 is 5.89 Å². The van der Waals surface area contributed by atoms with Crippen molar-refractivity contribution in [3.8, 4) is 78.6 Å². The summed E-state index contributed by atoms with van der Waals surface area (Å²) in [4.78, 5) is 10.6. The molecule has 9 aromatic rings. The van der Waals surface area contributed by atoms with Crippen LogP contribution in [0, 0.1) is 6.92 Å². The Balaban J connectivity index is 1.35. The molecule has 2 heterocycles. The number of hydrogen-bond acceptors (Lipinski definition) is 3. The van der Waals surface area contributed by atoms with Crippen molar-refractivity contribution >= 4 is 11.0 Å². The Morgan fingerprint density at radius 2 is 1.21 bits per heavy atom. The van der Waals surface area contributed by atoms with Gasteiger partial charge < -0.3 is 5.11 Å². The van der Waals surface area contributed by atoms with E-state index in [0.717, 1.165) is 89.2 Å². The average Bonchev–Trinajstić information content (AvgIpc) is 3.70. The maximum atomic E-state index is 12.4. The lowest BCUT2D eigenvalue weighted by Gasteiger charge is -2.21. The number of nitrogens with zero attached hydrogens (tertiary/aromatic N) is 3.